The number of carbonyl (C=O) groups is 1. The van der Waals surface area contributed by atoms with Gasteiger partial charge in [0, 0.05) is 19.1 Å². The van der Waals surface area contributed by atoms with Gasteiger partial charge in [-0.2, -0.15) is 0 Å². The van der Waals surface area contributed by atoms with Crippen LogP contribution in [-0.4, -0.2) is 36.7 Å². The lowest BCUT2D eigenvalue weighted by molar-refractivity contribution is 0.0936. The first kappa shape index (κ1) is 12.2. The maximum Gasteiger partial charge on any atom is 0.410 e. The van der Waals surface area contributed by atoms with Crippen LogP contribution in [-0.2, 0) is 4.74 Å². The van der Waals surface area contributed by atoms with E-state index in [4.69, 9.17) is 10.5 Å². The minimum atomic E-state index is -0.262. The zero-order valence-electron chi connectivity index (χ0n) is 8.75. The van der Waals surface area contributed by atoms with Crippen molar-refractivity contribution < 1.29 is 9.53 Å². The summed E-state index contributed by atoms with van der Waals surface area (Å²) >= 11 is 0. The Kier molecular flexibility index (Phi) is 6.32. The van der Waals surface area contributed by atoms with Crippen molar-refractivity contribution in [3.8, 4) is 0 Å². The Morgan fingerprint density at radius 2 is 2.15 bits per heavy atom. The first-order chi connectivity index (χ1) is 6.17. The molecule has 0 aromatic heterocycles. The Labute approximate surface area is 80.0 Å². The average Bonchev–Trinajstić information content (AvgIpc) is 2.13. The Hall–Kier alpha value is -0.770. The summed E-state index contributed by atoms with van der Waals surface area (Å²) in [6, 6.07) is 0.197. The monoisotopic (exact) mass is 188 g/mol. The predicted octanol–water partition coefficient (Wildman–Crippen LogP) is 1.20. The molecule has 0 aromatic carbocycles. The summed E-state index contributed by atoms with van der Waals surface area (Å²) in [5.74, 6) is 0. The van der Waals surface area contributed by atoms with Gasteiger partial charge in [-0.25, -0.2) is 4.79 Å². The lowest BCUT2D eigenvalue weighted by Crippen LogP contribution is -2.41. The molecule has 0 bridgehead atoms. The molecule has 1 atom stereocenters. The molecule has 13 heavy (non-hydrogen) atoms. The van der Waals surface area contributed by atoms with E-state index in [1.54, 1.807) is 11.8 Å². The van der Waals surface area contributed by atoms with Crippen molar-refractivity contribution in [3.63, 3.8) is 0 Å². The van der Waals surface area contributed by atoms with Gasteiger partial charge in [0.05, 0.1) is 6.61 Å². The van der Waals surface area contributed by atoms with Gasteiger partial charge in [-0.3, -0.25) is 0 Å². The second-order valence-electron chi connectivity index (χ2n) is 2.94. The molecule has 0 saturated carbocycles. The quantitative estimate of drug-likeness (QED) is 0.705. The summed E-state index contributed by atoms with van der Waals surface area (Å²) in [4.78, 5) is 13.1. The summed E-state index contributed by atoms with van der Waals surface area (Å²) in [5, 5.41) is 0. The van der Waals surface area contributed by atoms with Crippen molar-refractivity contribution in [1.29, 1.82) is 0 Å². The Bertz CT molecular complexity index is 151. The second kappa shape index (κ2) is 6.71. The topological polar surface area (TPSA) is 55.6 Å². The normalized spacial score (nSPS) is 12.3. The van der Waals surface area contributed by atoms with E-state index in [1.807, 2.05) is 13.8 Å². The number of rotatable bonds is 5. The molecule has 4 nitrogen and oxygen atoms in total. The number of hydrogen-bond acceptors (Lipinski definition) is 3. The van der Waals surface area contributed by atoms with Crippen molar-refractivity contribution in [2.75, 3.05) is 19.7 Å². The molecular formula is C9H20N2O2. The van der Waals surface area contributed by atoms with Crippen molar-refractivity contribution in [2.24, 2.45) is 5.73 Å². The molecule has 0 aliphatic rings. The van der Waals surface area contributed by atoms with Crippen LogP contribution < -0.4 is 5.73 Å². The van der Waals surface area contributed by atoms with Crippen LogP contribution in [0.2, 0.25) is 0 Å². The van der Waals surface area contributed by atoms with Crippen LogP contribution in [0.1, 0.15) is 27.2 Å². The van der Waals surface area contributed by atoms with Crippen molar-refractivity contribution in [3.05, 3.63) is 0 Å². The van der Waals surface area contributed by atoms with Crippen LogP contribution in [0.25, 0.3) is 0 Å². The fourth-order valence-corrected chi connectivity index (χ4v) is 1.06. The third kappa shape index (κ3) is 4.12. The van der Waals surface area contributed by atoms with E-state index < -0.39 is 0 Å². The van der Waals surface area contributed by atoms with E-state index in [9.17, 15) is 4.79 Å². The number of amides is 1. The third-order valence-electron chi connectivity index (χ3n) is 2.00. The Morgan fingerprint density at radius 1 is 1.54 bits per heavy atom. The molecule has 0 radical (unpaired) electrons. The van der Waals surface area contributed by atoms with Gasteiger partial charge in [0.1, 0.15) is 0 Å². The highest BCUT2D eigenvalue weighted by molar-refractivity contribution is 5.67. The maximum atomic E-state index is 11.4. The van der Waals surface area contributed by atoms with Gasteiger partial charge in [-0.05, 0) is 20.3 Å². The zero-order chi connectivity index (χ0) is 10.3. The summed E-state index contributed by atoms with van der Waals surface area (Å²) in [6.45, 7) is 7.28. The van der Waals surface area contributed by atoms with E-state index in [0.717, 1.165) is 6.42 Å². The number of hydrogen-bond donors (Lipinski definition) is 1. The van der Waals surface area contributed by atoms with Crippen LogP contribution in [0.4, 0.5) is 4.79 Å². The minimum Gasteiger partial charge on any atom is -0.450 e. The lowest BCUT2D eigenvalue weighted by atomic mass is 10.2. The lowest BCUT2D eigenvalue weighted by Gasteiger charge is -2.26. The summed E-state index contributed by atoms with van der Waals surface area (Å²) in [6.07, 6.45) is 0.654. The number of carbonyl (C=O) groups excluding carboxylic acids is 1. The van der Waals surface area contributed by atoms with Gasteiger partial charge < -0.3 is 15.4 Å². The highest BCUT2D eigenvalue weighted by atomic mass is 16.6. The zero-order valence-corrected chi connectivity index (χ0v) is 8.75. The van der Waals surface area contributed by atoms with Crippen LogP contribution in [0.3, 0.4) is 0 Å². The third-order valence-corrected chi connectivity index (χ3v) is 2.00. The number of nitrogens with zero attached hydrogens (tertiary/aromatic N) is 1. The second-order valence-corrected chi connectivity index (χ2v) is 2.94. The molecule has 0 aliphatic carbocycles. The molecule has 0 aliphatic heterocycles. The maximum absolute atomic E-state index is 11.4. The Balaban J connectivity index is 4.13. The Morgan fingerprint density at radius 3 is 2.54 bits per heavy atom. The molecule has 0 spiro atoms. The largest absolute Gasteiger partial charge is 0.450 e. The minimum absolute atomic E-state index is 0.197. The van der Waals surface area contributed by atoms with Gasteiger partial charge in [0.2, 0.25) is 0 Å². The van der Waals surface area contributed by atoms with E-state index in [1.165, 1.54) is 0 Å². The molecule has 0 fully saturated rings. The first-order valence-corrected chi connectivity index (χ1v) is 4.80. The van der Waals surface area contributed by atoms with E-state index in [0.29, 0.717) is 19.7 Å². The SMILES string of the molecule is CCOC(=O)N(CCN)[C@H](C)CC. The van der Waals surface area contributed by atoms with Gasteiger partial charge in [0.25, 0.3) is 0 Å². The van der Waals surface area contributed by atoms with Gasteiger partial charge >= 0.3 is 6.09 Å². The molecule has 0 unspecified atom stereocenters. The molecule has 0 rings (SSSR count). The van der Waals surface area contributed by atoms with Crippen molar-refractivity contribution in [1.82, 2.24) is 4.90 Å². The van der Waals surface area contributed by atoms with E-state index in [-0.39, 0.29) is 12.1 Å². The smallest absolute Gasteiger partial charge is 0.410 e. The molecular weight excluding hydrogens is 168 g/mol. The summed E-state index contributed by atoms with van der Waals surface area (Å²) in [7, 11) is 0. The molecule has 1 amide bonds. The van der Waals surface area contributed by atoms with E-state index >= 15 is 0 Å². The van der Waals surface area contributed by atoms with Crippen molar-refractivity contribution in [2.45, 2.75) is 33.2 Å². The van der Waals surface area contributed by atoms with Crippen LogP contribution >= 0.6 is 0 Å². The molecule has 4 heteroatoms. The fourth-order valence-electron chi connectivity index (χ4n) is 1.06. The average molecular weight is 188 g/mol. The highest BCUT2D eigenvalue weighted by Gasteiger charge is 2.18. The molecule has 0 heterocycles. The molecule has 78 valence electrons. The van der Waals surface area contributed by atoms with E-state index in [2.05, 4.69) is 0 Å². The molecule has 0 saturated heterocycles. The highest BCUT2D eigenvalue weighted by Crippen LogP contribution is 2.04. The van der Waals surface area contributed by atoms with Crippen LogP contribution in [0.5, 0.6) is 0 Å². The predicted molar refractivity (Wildman–Crippen MR) is 52.5 cm³/mol. The number of nitrogens with two attached hydrogens (primary N) is 1. The van der Waals surface area contributed by atoms with Crippen molar-refractivity contribution >= 4 is 6.09 Å². The van der Waals surface area contributed by atoms with Crippen LogP contribution in [0.15, 0.2) is 0 Å². The van der Waals surface area contributed by atoms with Crippen LogP contribution in [0, 0.1) is 0 Å². The summed E-state index contributed by atoms with van der Waals surface area (Å²) in [5.41, 5.74) is 5.41. The fraction of sp³-hybridized carbons (Fsp3) is 0.889. The molecule has 2 N–H and O–H groups in total. The van der Waals surface area contributed by atoms with Gasteiger partial charge in [-0.1, -0.05) is 6.92 Å². The van der Waals surface area contributed by atoms with Gasteiger partial charge in [0.15, 0.2) is 0 Å². The first-order valence-electron chi connectivity index (χ1n) is 4.80. The number of ether oxygens (including phenoxy) is 1. The van der Waals surface area contributed by atoms with Gasteiger partial charge in [-0.15, -0.1) is 0 Å². The molecule has 0 aromatic rings. The summed E-state index contributed by atoms with van der Waals surface area (Å²) < 4.78 is 4.91. The standard InChI is InChI=1S/C9H20N2O2/c1-4-8(3)11(7-6-10)9(12)13-5-2/h8H,4-7,10H2,1-3H3/t8-/m1/s1.